The number of benzene rings is 2. The Hall–Kier alpha value is -4.05. The molecule has 234 valence electrons. The highest BCUT2D eigenvalue weighted by molar-refractivity contribution is 5.90. The van der Waals surface area contributed by atoms with Crippen molar-refractivity contribution in [3.05, 3.63) is 70.8 Å². The number of nitrogens with two attached hydrogens (primary N) is 1. The van der Waals surface area contributed by atoms with E-state index in [-0.39, 0.29) is 29.6 Å². The van der Waals surface area contributed by atoms with Gasteiger partial charge < -0.3 is 30.8 Å². The van der Waals surface area contributed by atoms with Crippen LogP contribution in [0.15, 0.2) is 59.5 Å². The largest absolute Gasteiger partial charge is 0.361 e. The molecule has 1 saturated carbocycles. The number of carbonyl (C=O) groups is 2. The molecule has 5 N–H and O–H groups in total. The molecule has 0 radical (unpaired) electrons. The van der Waals surface area contributed by atoms with Crippen molar-refractivity contribution in [2.45, 2.75) is 63.5 Å². The van der Waals surface area contributed by atoms with Crippen LogP contribution >= 0.6 is 0 Å². The molecule has 1 saturated heterocycles. The first-order valence-electron chi connectivity index (χ1n) is 16.1. The number of fused-ring (bicyclic) bond motifs is 2. The molecule has 10 heteroatoms. The highest BCUT2D eigenvalue weighted by Crippen LogP contribution is 2.32. The van der Waals surface area contributed by atoms with Crippen LogP contribution in [0.3, 0.4) is 0 Å². The van der Waals surface area contributed by atoms with Gasteiger partial charge in [0.2, 0.25) is 5.91 Å². The minimum Gasteiger partial charge on any atom is -0.361 e. The van der Waals surface area contributed by atoms with Gasteiger partial charge in [-0.05, 0) is 74.2 Å². The average molecular weight is 600 g/mol. The van der Waals surface area contributed by atoms with Gasteiger partial charge in [0.05, 0.1) is 11.0 Å². The van der Waals surface area contributed by atoms with Gasteiger partial charge in [0, 0.05) is 55.7 Å². The molecule has 44 heavy (non-hydrogen) atoms. The normalized spacial score (nSPS) is 20.9. The first kappa shape index (κ1) is 30.0. The summed E-state index contributed by atoms with van der Waals surface area (Å²) in [4.78, 5) is 50.5. The zero-order valence-electron chi connectivity index (χ0n) is 25.8. The third-order valence-electron chi connectivity index (χ3n) is 10.0. The third kappa shape index (κ3) is 6.00. The van der Waals surface area contributed by atoms with E-state index in [1.165, 1.54) is 0 Å². The number of hydrogen-bond donors (Lipinski definition) is 4. The minimum absolute atomic E-state index is 0.00393. The number of likely N-dealkylation sites (tertiary alicyclic amines) is 1. The fraction of sp³-hybridized carbons (Fsp3) is 0.500. The molecule has 4 aromatic rings. The van der Waals surface area contributed by atoms with Crippen molar-refractivity contribution in [3.8, 4) is 0 Å². The molecule has 1 aliphatic carbocycles. The smallest absolute Gasteiger partial charge is 0.326 e. The number of hydrogen-bond acceptors (Lipinski definition) is 4. The number of urea groups is 1. The molecular formula is C34H45N7O3. The number of nitrogens with zero attached hydrogens (tertiary/aromatic N) is 3. The summed E-state index contributed by atoms with van der Waals surface area (Å²) in [7, 11) is 1.86. The number of imidazole rings is 1. The van der Waals surface area contributed by atoms with E-state index in [1.54, 1.807) is 4.90 Å². The number of nitrogens with one attached hydrogen (secondary N) is 3. The van der Waals surface area contributed by atoms with Crippen molar-refractivity contribution in [3.63, 3.8) is 0 Å². The molecule has 3 amide bonds. The predicted octanol–water partition coefficient (Wildman–Crippen LogP) is 4.55. The van der Waals surface area contributed by atoms with Gasteiger partial charge in [-0.25, -0.2) is 9.59 Å². The number of carbonyl (C=O) groups excluding carboxylic acids is 2. The molecule has 2 aromatic carbocycles. The zero-order chi connectivity index (χ0) is 30.8. The van der Waals surface area contributed by atoms with Gasteiger partial charge in [-0.3, -0.25) is 9.36 Å². The van der Waals surface area contributed by atoms with Crippen LogP contribution in [0.25, 0.3) is 21.9 Å². The lowest BCUT2D eigenvalue weighted by Crippen LogP contribution is -2.55. The Bertz CT molecular complexity index is 1660. The van der Waals surface area contributed by atoms with E-state index < -0.39 is 6.04 Å². The van der Waals surface area contributed by atoms with Crippen LogP contribution < -0.4 is 16.7 Å². The molecule has 2 aliphatic rings. The lowest BCUT2D eigenvalue weighted by atomic mass is 9.81. The molecule has 2 aromatic heterocycles. The molecule has 0 unspecified atom stereocenters. The summed E-state index contributed by atoms with van der Waals surface area (Å²) < 4.78 is 1.82. The summed E-state index contributed by atoms with van der Waals surface area (Å²) in [6.07, 6.45) is 7.72. The SMILES string of the molecule is C[C@@H](c1c[nH]c2ccccc12)[C@@H](NC(=O)N1CCC(n2c(=O)[nH]c3ccccc32)CC1)C(=O)N(C)C[C@@H]1CCC[C@H](CN)C1. The van der Waals surface area contributed by atoms with Gasteiger partial charge in [0.25, 0.3) is 0 Å². The second-order valence-electron chi connectivity index (χ2n) is 12.9. The molecule has 10 nitrogen and oxygen atoms in total. The Kier molecular flexibility index (Phi) is 8.79. The molecule has 3 heterocycles. The number of H-pyrrole nitrogens is 2. The third-order valence-corrected chi connectivity index (χ3v) is 10.0. The lowest BCUT2D eigenvalue weighted by Gasteiger charge is -2.36. The number of piperidine rings is 1. The molecule has 2 fully saturated rings. The van der Waals surface area contributed by atoms with Crippen LogP contribution in [0.5, 0.6) is 0 Å². The second kappa shape index (κ2) is 12.9. The van der Waals surface area contributed by atoms with E-state index in [0.29, 0.717) is 50.9 Å². The standard InChI is InChI=1S/C34H45N7O3/c1-22(27-20-36-28-11-4-3-10-26(27)28)31(32(42)39(2)21-24-9-7-8-23(18-24)19-35)38-33(43)40-16-14-25(15-17-40)41-30-13-6-5-12-29(30)37-34(41)44/h3-6,10-13,20,22-25,31,36H,7-9,14-19,21,35H2,1-2H3,(H,37,44)(H,38,43)/t22-,23-,24+,31+/m0/s1. The number of rotatable bonds is 8. The molecule has 1 aliphatic heterocycles. The number of likely N-dealkylation sites (N-methyl/N-ethyl adjacent to an activating group) is 1. The fourth-order valence-corrected chi connectivity index (χ4v) is 7.54. The van der Waals surface area contributed by atoms with Crippen LogP contribution in [-0.2, 0) is 4.79 Å². The van der Waals surface area contributed by atoms with Crippen molar-refractivity contribution >= 4 is 33.9 Å². The van der Waals surface area contributed by atoms with Crippen LogP contribution in [0.4, 0.5) is 4.79 Å². The Morgan fingerprint density at radius 1 is 1.02 bits per heavy atom. The maximum atomic E-state index is 14.1. The fourth-order valence-electron chi connectivity index (χ4n) is 7.54. The van der Waals surface area contributed by atoms with E-state index in [0.717, 1.165) is 53.2 Å². The van der Waals surface area contributed by atoms with Crippen LogP contribution in [-0.4, -0.2) is 75.5 Å². The second-order valence-corrected chi connectivity index (χ2v) is 12.9. The number of aromatic nitrogens is 3. The van der Waals surface area contributed by atoms with Crippen molar-refractivity contribution in [2.24, 2.45) is 17.6 Å². The first-order valence-corrected chi connectivity index (χ1v) is 16.1. The van der Waals surface area contributed by atoms with Gasteiger partial charge >= 0.3 is 11.7 Å². The van der Waals surface area contributed by atoms with Crippen molar-refractivity contribution in [1.82, 2.24) is 29.7 Å². The van der Waals surface area contributed by atoms with Crippen LogP contribution in [0, 0.1) is 11.8 Å². The van der Waals surface area contributed by atoms with Gasteiger partial charge in [0.1, 0.15) is 6.04 Å². The first-order chi connectivity index (χ1) is 21.3. The van der Waals surface area contributed by atoms with Crippen molar-refractivity contribution < 1.29 is 9.59 Å². The predicted molar refractivity (Wildman–Crippen MR) is 174 cm³/mol. The van der Waals surface area contributed by atoms with Gasteiger partial charge in [-0.15, -0.1) is 0 Å². The molecule has 0 bridgehead atoms. The summed E-state index contributed by atoms with van der Waals surface area (Å²) in [5.41, 5.74) is 9.58. The number of amides is 3. The number of aromatic amines is 2. The summed E-state index contributed by atoms with van der Waals surface area (Å²) in [5, 5.41) is 4.21. The Labute approximate surface area is 258 Å². The van der Waals surface area contributed by atoms with Gasteiger partial charge in [-0.2, -0.15) is 0 Å². The van der Waals surface area contributed by atoms with E-state index in [1.807, 2.05) is 72.1 Å². The van der Waals surface area contributed by atoms with E-state index >= 15 is 0 Å². The lowest BCUT2D eigenvalue weighted by molar-refractivity contribution is -0.133. The summed E-state index contributed by atoms with van der Waals surface area (Å²) in [6.45, 7) is 4.38. The van der Waals surface area contributed by atoms with Crippen LogP contribution in [0.1, 0.15) is 63.0 Å². The van der Waals surface area contributed by atoms with E-state index in [4.69, 9.17) is 5.73 Å². The highest BCUT2D eigenvalue weighted by atomic mass is 16.2. The maximum Gasteiger partial charge on any atom is 0.326 e. The zero-order valence-corrected chi connectivity index (χ0v) is 25.8. The van der Waals surface area contributed by atoms with E-state index in [2.05, 4.69) is 21.4 Å². The molecule has 6 rings (SSSR count). The maximum absolute atomic E-state index is 14.1. The Morgan fingerprint density at radius 3 is 2.50 bits per heavy atom. The molecular weight excluding hydrogens is 554 g/mol. The van der Waals surface area contributed by atoms with Crippen molar-refractivity contribution in [2.75, 3.05) is 33.2 Å². The average Bonchev–Trinajstić information content (AvgIpc) is 3.63. The number of para-hydroxylation sites is 3. The van der Waals surface area contributed by atoms with Gasteiger partial charge in [-0.1, -0.05) is 43.7 Å². The Balaban J connectivity index is 1.18. The highest BCUT2D eigenvalue weighted by Gasteiger charge is 2.35. The molecule has 0 spiro atoms. The summed E-state index contributed by atoms with van der Waals surface area (Å²) in [5.74, 6) is 0.598. The molecule has 4 atom stereocenters. The van der Waals surface area contributed by atoms with Crippen LogP contribution in [0.2, 0.25) is 0 Å². The van der Waals surface area contributed by atoms with Gasteiger partial charge in [0.15, 0.2) is 0 Å². The minimum atomic E-state index is -0.727. The monoisotopic (exact) mass is 599 g/mol. The quantitative estimate of drug-likeness (QED) is 0.237. The van der Waals surface area contributed by atoms with Crippen molar-refractivity contribution in [1.29, 1.82) is 0 Å². The topological polar surface area (TPSA) is 132 Å². The Morgan fingerprint density at radius 2 is 1.73 bits per heavy atom. The van der Waals surface area contributed by atoms with E-state index in [9.17, 15) is 14.4 Å². The summed E-state index contributed by atoms with van der Waals surface area (Å²) >= 11 is 0. The summed E-state index contributed by atoms with van der Waals surface area (Å²) in [6, 6.07) is 14.8.